The Kier molecular flexibility index (Phi) is 4.25. The van der Waals surface area contributed by atoms with E-state index in [0.717, 1.165) is 12.0 Å². The van der Waals surface area contributed by atoms with Gasteiger partial charge in [0, 0.05) is 40.3 Å². The average Bonchev–Trinajstić information content (AvgIpc) is 3.17. The lowest BCUT2D eigenvalue weighted by Gasteiger charge is -2.38. The molecule has 6 heteroatoms. The molecule has 0 aromatic heterocycles. The number of hydrogen-bond donors (Lipinski definition) is 0. The van der Waals surface area contributed by atoms with E-state index >= 15 is 0 Å². The maximum absolute atomic E-state index is 13.3. The van der Waals surface area contributed by atoms with Crippen LogP contribution in [0.2, 0.25) is 0 Å². The van der Waals surface area contributed by atoms with Gasteiger partial charge in [-0.2, -0.15) is 0 Å². The second-order valence-corrected chi connectivity index (χ2v) is 7.93. The minimum absolute atomic E-state index is 0.0212. The molecule has 0 N–H and O–H groups in total. The Labute approximate surface area is 148 Å². The zero-order chi connectivity index (χ0) is 18.4. The Morgan fingerprint density at radius 1 is 1.00 bits per heavy atom. The van der Waals surface area contributed by atoms with E-state index < -0.39 is 5.41 Å². The third-order valence-corrected chi connectivity index (χ3v) is 5.66. The van der Waals surface area contributed by atoms with E-state index in [0.29, 0.717) is 26.2 Å². The summed E-state index contributed by atoms with van der Waals surface area (Å²) in [6.07, 6.45) is 0.765. The van der Waals surface area contributed by atoms with Crippen LogP contribution in [0.1, 0.15) is 25.8 Å². The molecule has 1 heterocycles. The summed E-state index contributed by atoms with van der Waals surface area (Å²) < 4.78 is 13.3. The number of amides is 3. The van der Waals surface area contributed by atoms with Crippen molar-refractivity contribution >= 4 is 11.9 Å². The highest BCUT2D eigenvalue weighted by Crippen LogP contribution is 2.65. The summed E-state index contributed by atoms with van der Waals surface area (Å²) in [6, 6.07) is 6.28. The van der Waals surface area contributed by atoms with Crippen molar-refractivity contribution in [3.8, 4) is 0 Å². The first kappa shape index (κ1) is 17.7. The van der Waals surface area contributed by atoms with Crippen LogP contribution in [0.5, 0.6) is 0 Å². The largest absolute Gasteiger partial charge is 0.338 e. The van der Waals surface area contributed by atoms with Crippen LogP contribution >= 0.6 is 0 Å². The van der Waals surface area contributed by atoms with E-state index in [1.165, 1.54) is 12.1 Å². The smallest absolute Gasteiger partial charge is 0.319 e. The fraction of sp³-hybridized carbons (Fsp3) is 0.579. The Balaban J connectivity index is 1.76. The Morgan fingerprint density at radius 2 is 1.48 bits per heavy atom. The molecule has 5 nitrogen and oxygen atoms in total. The van der Waals surface area contributed by atoms with Crippen molar-refractivity contribution in [3.05, 3.63) is 35.6 Å². The van der Waals surface area contributed by atoms with Crippen LogP contribution in [0, 0.1) is 11.2 Å². The van der Waals surface area contributed by atoms with Crippen molar-refractivity contribution in [2.75, 3.05) is 40.3 Å². The zero-order valence-corrected chi connectivity index (χ0v) is 15.4. The van der Waals surface area contributed by atoms with Gasteiger partial charge in [0.1, 0.15) is 5.82 Å². The summed E-state index contributed by atoms with van der Waals surface area (Å²) in [6.45, 7) is 6.33. The van der Waals surface area contributed by atoms with Gasteiger partial charge in [0.05, 0.1) is 5.41 Å². The third kappa shape index (κ3) is 2.87. The van der Waals surface area contributed by atoms with Crippen molar-refractivity contribution in [2.45, 2.75) is 25.7 Å². The zero-order valence-electron chi connectivity index (χ0n) is 15.4. The summed E-state index contributed by atoms with van der Waals surface area (Å²) in [5.41, 5.74) is 0.170. The van der Waals surface area contributed by atoms with Crippen molar-refractivity contribution in [1.82, 2.24) is 14.7 Å². The fourth-order valence-electron chi connectivity index (χ4n) is 3.99. The number of benzene rings is 1. The van der Waals surface area contributed by atoms with Gasteiger partial charge in [0.25, 0.3) is 0 Å². The first-order valence-corrected chi connectivity index (χ1v) is 8.71. The number of carbonyl (C=O) groups excluding carboxylic acids is 2. The third-order valence-electron chi connectivity index (χ3n) is 5.66. The minimum atomic E-state index is -0.575. The molecule has 1 saturated heterocycles. The molecule has 25 heavy (non-hydrogen) atoms. The lowest BCUT2D eigenvalue weighted by molar-refractivity contribution is -0.136. The monoisotopic (exact) mass is 347 g/mol. The molecule has 1 aliphatic heterocycles. The highest BCUT2D eigenvalue weighted by Gasteiger charge is 2.68. The Bertz CT molecular complexity index is 678. The van der Waals surface area contributed by atoms with E-state index in [1.807, 2.05) is 4.90 Å². The number of nitrogens with zero attached hydrogens (tertiary/aromatic N) is 3. The molecule has 1 saturated carbocycles. The van der Waals surface area contributed by atoms with Gasteiger partial charge in [-0.3, -0.25) is 4.79 Å². The molecule has 0 unspecified atom stereocenters. The first-order valence-electron chi connectivity index (χ1n) is 8.71. The number of hydrogen-bond acceptors (Lipinski definition) is 2. The number of halogens is 1. The van der Waals surface area contributed by atoms with Gasteiger partial charge < -0.3 is 14.7 Å². The minimum Gasteiger partial charge on any atom is -0.338 e. The molecule has 1 aromatic carbocycles. The van der Waals surface area contributed by atoms with Crippen molar-refractivity contribution < 1.29 is 14.0 Å². The molecule has 1 aliphatic carbocycles. The van der Waals surface area contributed by atoms with Gasteiger partial charge in [-0.1, -0.05) is 26.0 Å². The summed E-state index contributed by atoms with van der Waals surface area (Å²) in [7, 11) is 3.46. The second-order valence-electron chi connectivity index (χ2n) is 7.93. The topological polar surface area (TPSA) is 43.9 Å². The first-order chi connectivity index (χ1) is 11.7. The molecule has 0 spiro atoms. The molecule has 0 radical (unpaired) electrons. The van der Waals surface area contributed by atoms with Crippen LogP contribution in [-0.2, 0) is 10.2 Å². The summed E-state index contributed by atoms with van der Waals surface area (Å²) in [5, 5.41) is 0. The molecule has 0 bridgehead atoms. The van der Waals surface area contributed by atoms with E-state index in [4.69, 9.17) is 0 Å². The maximum atomic E-state index is 13.3. The highest BCUT2D eigenvalue weighted by molar-refractivity contribution is 5.93. The van der Waals surface area contributed by atoms with Crippen molar-refractivity contribution in [1.29, 1.82) is 0 Å². The van der Waals surface area contributed by atoms with E-state index in [1.54, 1.807) is 36.0 Å². The predicted molar refractivity (Wildman–Crippen MR) is 93.7 cm³/mol. The van der Waals surface area contributed by atoms with Crippen LogP contribution in [0.15, 0.2) is 24.3 Å². The van der Waals surface area contributed by atoms with Crippen LogP contribution in [0.4, 0.5) is 9.18 Å². The molecule has 2 aliphatic rings. The number of rotatable bonds is 2. The van der Waals surface area contributed by atoms with Crippen LogP contribution in [0.25, 0.3) is 0 Å². The molecule has 1 aromatic rings. The summed E-state index contributed by atoms with van der Waals surface area (Å²) in [4.78, 5) is 30.6. The van der Waals surface area contributed by atoms with Gasteiger partial charge >= 0.3 is 6.03 Å². The van der Waals surface area contributed by atoms with Gasteiger partial charge in [-0.25, -0.2) is 9.18 Å². The van der Waals surface area contributed by atoms with Crippen molar-refractivity contribution in [2.24, 2.45) is 5.41 Å². The second kappa shape index (κ2) is 6.00. The molecule has 3 rings (SSSR count). The molecule has 2 fully saturated rings. The fourth-order valence-corrected chi connectivity index (χ4v) is 3.99. The summed E-state index contributed by atoms with van der Waals surface area (Å²) >= 11 is 0. The summed E-state index contributed by atoms with van der Waals surface area (Å²) in [5.74, 6) is -0.193. The van der Waals surface area contributed by atoms with Gasteiger partial charge in [-0.05, 0) is 29.5 Å². The quantitative estimate of drug-likeness (QED) is 0.824. The standard InChI is InChI=1S/C19H26FN3O2/c1-18(2)13-19(18,14-5-7-15(20)8-6-14)16(24)22-9-11-23(12-10-22)17(25)21(3)4/h5-8H,9-13H2,1-4H3/t19-/m1/s1. The van der Waals surface area contributed by atoms with Crippen LogP contribution in [-0.4, -0.2) is 66.9 Å². The highest BCUT2D eigenvalue weighted by atomic mass is 19.1. The molecule has 136 valence electrons. The van der Waals surface area contributed by atoms with E-state index in [9.17, 15) is 14.0 Å². The number of urea groups is 1. The van der Waals surface area contributed by atoms with Crippen molar-refractivity contribution in [3.63, 3.8) is 0 Å². The van der Waals surface area contributed by atoms with Gasteiger partial charge in [0.15, 0.2) is 0 Å². The average molecular weight is 347 g/mol. The van der Waals surface area contributed by atoms with Crippen LogP contribution in [0.3, 0.4) is 0 Å². The predicted octanol–water partition coefficient (Wildman–Crippen LogP) is 2.32. The molecule has 1 atom stereocenters. The molecular weight excluding hydrogens is 321 g/mol. The molecular formula is C19H26FN3O2. The molecule has 3 amide bonds. The Hall–Kier alpha value is -2.11. The van der Waals surface area contributed by atoms with Gasteiger partial charge in [0.2, 0.25) is 5.91 Å². The SMILES string of the molecule is CN(C)C(=O)N1CCN(C(=O)[C@]2(c3ccc(F)cc3)CC2(C)C)CC1. The van der Waals surface area contributed by atoms with E-state index in [2.05, 4.69) is 13.8 Å². The van der Waals surface area contributed by atoms with E-state index in [-0.39, 0.29) is 23.2 Å². The normalized spacial score (nSPS) is 24.8. The Morgan fingerprint density at radius 3 is 1.92 bits per heavy atom. The lowest BCUT2D eigenvalue weighted by atomic mass is 9.86. The number of piperazine rings is 1. The lowest BCUT2D eigenvalue weighted by Crippen LogP contribution is -2.55. The number of carbonyl (C=O) groups is 2. The van der Waals surface area contributed by atoms with Crippen LogP contribution < -0.4 is 0 Å². The maximum Gasteiger partial charge on any atom is 0.319 e. The van der Waals surface area contributed by atoms with Gasteiger partial charge in [-0.15, -0.1) is 0 Å².